The van der Waals surface area contributed by atoms with Crippen molar-refractivity contribution in [2.24, 2.45) is 10.9 Å². The topological polar surface area (TPSA) is 66.7 Å². The molecule has 0 amide bonds. The van der Waals surface area contributed by atoms with Gasteiger partial charge >= 0.3 is 0 Å². The molecule has 0 aliphatic carbocycles. The number of hydrogen-bond donors (Lipinski definition) is 2. The van der Waals surface area contributed by atoms with Gasteiger partial charge in [-0.25, -0.2) is 0 Å². The van der Waals surface area contributed by atoms with E-state index in [-0.39, 0.29) is 6.04 Å². The first-order valence-corrected chi connectivity index (χ1v) is 10.5. The fourth-order valence-electron chi connectivity index (χ4n) is 3.91. The number of ether oxygens (including phenoxy) is 1. The Bertz CT molecular complexity index is 754. The van der Waals surface area contributed by atoms with Crippen molar-refractivity contribution in [3.8, 4) is 5.75 Å². The Morgan fingerprint density at radius 2 is 1.93 bits per heavy atom. The maximum Gasteiger partial charge on any atom is 0.191 e. The Morgan fingerprint density at radius 3 is 2.62 bits per heavy atom. The van der Waals surface area contributed by atoms with E-state index in [9.17, 15) is 0 Å². The molecule has 1 aromatic heterocycles. The van der Waals surface area contributed by atoms with E-state index in [0.717, 1.165) is 44.4 Å². The van der Waals surface area contributed by atoms with Crippen molar-refractivity contribution < 1.29 is 4.74 Å². The quantitative estimate of drug-likeness (QED) is 0.502. The van der Waals surface area contributed by atoms with Crippen LogP contribution in [0, 0.1) is 5.92 Å². The number of nitrogens with zero attached hydrogens (tertiary/aromatic N) is 4. The van der Waals surface area contributed by atoms with Crippen LogP contribution in [0.3, 0.4) is 0 Å². The molecule has 2 atom stereocenters. The molecule has 2 unspecified atom stereocenters. The molecule has 2 N–H and O–H groups in total. The number of benzene rings is 1. The molecule has 0 bridgehead atoms. The van der Waals surface area contributed by atoms with Crippen molar-refractivity contribution in [3.63, 3.8) is 0 Å². The fourth-order valence-corrected chi connectivity index (χ4v) is 3.91. The van der Waals surface area contributed by atoms with Crippen molar-refractivity contribution in [1.29, 1.82) is 0 Å². The van der Waals surface area contributed by atoms with Crippen LogP contribution in [0.4, 0.5) is 0 Å². The lowest BCUT2D eigenvalue weighted by atomic mass is 10.0. The summed E-state index contributed by atoms with van der Waals surface area (Å²) >= 11 is 0. The molecule has 1 aromatic carbocycles. The number of aromatic nitrogens is 2. The minimum absolute atomic E-state index is 0.258. The van der Waals surface area contributed by atoms with Gasteiger partial charge in [0.2, 0.25) is 0 Å². The van der Waals surface area contributed by atoms with Gasteiger partial charge in [0.05, 0.1) is 13.2 Å². The molecule has 1 aliphatic rings. The molecular formula is C22H34N6O. The predicted molar refractivity (Wildman–Crippen MR) is 117 cm³/mol. The maximum atomic E-state index is 5.64. The van der Waals surface area contributed by atoms with Crippen LogP contribution in [0.15, 0.2) is 47.7 Å². The Hall–Kier alpha value is -2.54. The number of hydrogen-bond acceptors (Lipinski definition) is 4. The van der Waals surface area contributed by atoms with Crippen molar-refractivity contribution >= 4 is 5.96 Å². The van der Waals surface area contributed by atoms with E-state index < -0.39 is 0 Å². The number of para-hydroxylation sites is 1. The van der Waals surface area contributed by atoms with Crippen LogP contribution >= 0.6 is 0 Å². The normalized spacial score (nSPS) is 17.1. The van der Waals surface area contributed by atoms with Gasteiger partial charge in [0.25, 0.3) is 0 Å². The summed E-state index contributed by atoms with van der Waals surface area (Å²) in [7, 11) is 3.57. The monoisotopic (exact) mass is 398 g/mol. The molecule has 0 saturated carbocycles. The van der Waals surface area contributed by atoms with Crippen molar-refractivity contribution in [1.82, 2.24) is 25.3 Å². The minimum Gasteiger partial charge on any atom is -0.496 e. The molecule has 1 fully saturated rings. The van der Waals surface area contributed by atoms with E-state index in [0.29, 0.717) is 5.92 Å². The molecule has 2 aromatic rings. The average Bonchev–Trinajstić information content (AvgIpc) is 3.45. The molecule has 1 saturated heterocycles. The van der Waals surface area contributed by atoms with Crippen LogP contribution in [-0.2, 0) is 6.54 Å². The first-order valence-electron chi connectivity index (χ1n) is 10.5. The third kappa shape index (κ3) is 5.97. The summed E-state index contributed by atoms with van der Waals surface area (Å²) in [5, 5.41) is 11.3. The summed E-state index contributed by atoms with van der Waals surface area (Å²) in [4.78, 5) is 6.95. The van der Waals surface area contributed by atoms with Crippen LogP contribution in [0.5, 0.6) is 5.75 Å². The first kappa shape index (κ1) is 21.2. The standard InChI is InChI=1S/C22H34N6O/c1-18(17-28-14-8-11-26-28)15-24-22(23-2)25-16-20(27-12-6-7-13-27)19-9-4-5-10-21(19)29-3/h4-5,8-11,14,18,20H,6-7,12-13,15-17H2,1-3H3,(H2,23,24,25). The summed E-state index contributed by atoms with van der Waals surface area (Å²) in [5.74, 6) is 2.22. The first-order chi connectivity index (χ1) is 14.2. The highest BCUT2D eigenvalue weighted by Gasteiger charge is 2.26. The molecule has 1 aliphatic heterocycles. The highest BCUT2D eigenvalue weighted by molar-refractivity contribution is 5.79. The summed E-state index contributed by atoms with van der Waals surface area (Å²) in [6, 6.07) is 10.5. The predicted octanol–water partition coefficient (Wildman–Crippen LogP) is 2.53. The van der Waals surface area contributed by atoms with Crippen molar-refractivity contribution in [2.45, 2.75) is 32.4 Å². The highest BCUT2D eigenvalue weighted by atomic mass is 16.5. The zero-order valence-electron chi connectivity index (χ0n) is 17.8. The average molecular weight is 399 g/mol. The number of guanidine groups is 1. The molecule has 29 heavy (non-hydrogen) atoms. The van der Waals surface area contributed by atoms with E-state index in [4.69, 9.17) is 4.74 Å². The van der Waals surface area contributed by atoms with Gasteiger partial charge in [-0.05, 0) is 44.0 Å². The van der Waals surface area contributed by atoms with Crippen molar-refractivity contribution in [3.05, 3.63) is 48.3 Å². The Morgan fingerprint density at radius 1 is 1.17 bits per heavy atom. The third-order valence-electron chi connectivity index (χ3n) is 5.44. The third-order valence-corrected chi connectivity index (χ3v) is 5.44. The molecule has 3 rings (SSSR count). The van der Waals surface area contributed by atoms with Crippen LogP contribution in [0.1, 0.15) is 31.4 Å². The van der Waals surface area contributed by atoms with E-state index in [2.05, 4.69) is 44.7 Å². The number of nitrogens with one attached hydrogen (secondary N) is 2. The molecule has 0 radical (unpaired) electrons. The van der Waals surface area contributed by atoms with Crippen LogP contribution in [0.2, 0.25) is 0 Å². The van der Waals surface area contributed by atoms with E-state index >= 15 is 0 Å². The molecule has 7 nitrogen and oxygen atoms in total. The molecule has 0 spiro atoms. The largest absolute Gasteiger partial charge is 0.496 e. The molecule has 2 heterocycles. The summed E-state index contributed by atoms with van der Waals surface area (Å²) < 4.78 is 7.61. The van der Waals surface area contributed by atoms with E-state index in [1.54, 1.807) is 7.11 Å². The Labute approximate surface area is 174 Å². The van der Waals surface area contributed by atoms with Gasteiger partial charge in [-0.15, -0.1) is 0 Å². The van der Waals surface area contributed by atoms with Gasteiger partial charge < -0.3 is 15.4 Å². The number of likely N-dealkylation sites (tertiary alicyclic amines) is 1. The lowest BCUT2D eigenvalue weighted by molar-refractivity contribution is 0.239. The SMILES string of the molecule is CN=C(NCC(C)Cn1cccn1)NCC(c1ccccc1OC)N1CCCC1. The van der Waals surface area contributed by atoms with Crippen LogP contribution < -0.4 is 15.4 Å². The second-order valence-corrected chi connectivity index (χ2v) is 7.67. The fraction of sp³-hybridized carbons (Fsp3) is 0.545. The van der Waals surface area contributed by atoms with Crippen LogP contribution in [-0.4, -0.2) is 61.0 Å². The summed E-state index contributed by atoms with van der Waals surface area (Å²) in [6.45, 7) is 6.96. The lowest BCUT2D eigenvalue weighted by Crippen LogP contribution is -2.44. The van der Waals surface area contributed by atoms with E-state index in [1.165, 1.54) is 18.4 Å². The van der Waals surface area contributed by atoms with Gasteiger partial charge in [-0.1, -0.05) is 25.1 Å². The zero-order chi connectivity index (χ0) is 20.5. The molecule has 158 valence electrons. The van der Waals surface area contributed by atoms with Gasteiger partial charge in [-0.3, -0.25) is 14.6 Å². The van der Waals surface area contributed by atoms with Gasteiger partial charge in [0, 0.05) is 44.6 Å². The molecule has 7 heteroatoms. The van der Waals surface area contributed by atoms with Gasteiger partial charge in [-0.2, -0.15) is 5.10 Å². The van der Waals surface area contributed by atoms with Gasteiger partial charge in [0.1, 0.15) is 5.75 Å². The zero-order valence-corrected chi connectivity index (χ0v) is 17.8. The smallest absolute Gasteiger partial charge is 0.191 e. The number of methoxy groups -OCH3 is 1. The Balaban J connectivity index is 1.58. The second-order valence-electron chi connectivity index (χ2n) is 7.67. The summed E-state index contributed by atoms with van der Waals surface area (Å²) in [5.41, 5.74) is 1.23. The van der Waals surface area contributed by atoms with Crippen LogP contribution in [0.25, 0.3) is 0 Å². The van der Waals surface area contributed by atoms with Gasteiger partial charge in [0.15, 0.2) is 5.96 Å². The number of aliphatic imine (C=N–C) groups is 1. The Kier molecular flexibility index (Phi) is 7.93. The number of rotatable bonds is 9. The highest BCUT2D eigenvalue weighted by Crippen LogP contribution is 2.31. The molecular weight excluding hydrogens is 364 g/mol. The van der Waals surface area contributed by atoms with E-state index in [1.807, 2.05) is 42.3 Å². The maximum absolute atomic E-state index is 5.64. The van der Waals surface area contributed by atoms with Crippen molar-refractivity contribution in [2.75, 3.05) is 40.3 Å². The lowest BCUT2D eigenvalue weighted by Gasteiger charge is -2.30. The minimum atomic E-state index is 0.258. The summed E-state index contributed by atoms with van der Waals surface area (Å²) in [6.07, 6.45) is 6.32. The second kappa shape index (κ2) is 10.9.